The number of halogens is 2. The van der Waals surface area contributed by atoms with Gasteiger partial charge in [0.05, 0.1) is 17.7 Å². The Morgan fingerprint density at radius 1 is 1.14 bits per heavy atom. The Morgan fingerprint density at radius 3 is 2.55 bits per heavy atom. The molecule has 118 valence electrons. The summed E-state index contributed by atoms with van der Waals surface area (Å²) in [6.07, 6.45) is 0. The zero-order valence-electron chi connectivity index (χ0n) is 12.1. The van der Waals surface area contributed by atoms with Crippen molar-refractivity contribution in [3.63, 3.8) is 0 Å². The van der Waals surface area contributed by atoms with Gasteiger partial charge < -0.3 is 5.32 Å². The van der Waals surface area contributed by atoms with E-state index in [2.05, 4.69) is 39.9 Å². The SMILES string of the molecule is Cl.Cl.N#Cc1cccc([C@@H](c2cccs2)N2CCNCC2)c1. The van der Waals surface area contributed by atoms with Crippen molar-refractivity contribution in [1.29, 1.82) is 5.26 Å². The van der Waals surface area contributed by atoms with Crippen molar-refractivity contribution >= 4 is 36.2 Å². The molecule has 22 heavy (non-hydrogen) atoms. The molecule has 6 heteroatoms. The van der Waals surface area contributed by atoms with Gasteiger partial charge in [0, 0.05) is 31.1 Å². The third-order valence-corrected chi connectivity index (χ3v) is 4.59. The Hall–Kier alpha value is -1.09. The summed E-state index contributed by atoms with van der Waals surface area (Å²) in [5.41, 5.74) is 1.95. The largest absolute Gasteiger partial charge is 0.314 e. The number of nitriles is 1. The summed E-state index contributed by atoms with van der Waals surface area (Å²) in [7, 11) is 0. The smallest absolute Gasteiger partial charge is 0.0991 e. The van der Waals surface area contributed by atoms with E-state index in [4.69, 9.17) is 5.26 Å². The Kier molecular flexibility index (Phi) is 7.88. The molecule has 1 aromatic heterocycles. The predicted molar refractivity (Wildman–Crippen MR) is 96.3 cm³/mol. The van der Waals surface area contributed by atoms with Gasteiger partial charge in [-0.05, 0) is 29.1 Å². The van der Waals surface area contributed by atoms with Crippen molar-refractivity contribution in [1.82, 2.24) is 10.2 Å². The first kappa shape index (κ1) is 19.0. The monoisotopic (exact) mass is 355 g/mol. The fourth-order valence-corrected chi connectivity index (χ4v) is 3.61. The number of thiophene rings is 1. The molecule has 2 heterocycles. The molecule has 0 aliphatic carbocycles. The molecule has 3 nitrogen and oxygen atoms in total. The maximum atomic E-state index is 9.11. The number of hydrogen-bond donors (Lipinski definition) is 1. The van der Waals surface area contributed by atoms with Crippen LogP contribution in [0.15, 0.2) is 41.8 Å². The van der Waals surface area contributed by atoms with Crippen LogP contribution >= 0.6 is 36.2 Å². The van der Waals surface area contributed by atoms with E-state index in [-0.39, 0.29) is 30.9 Å². The second kappa shape index (κ2) is 9.14. The van der Waals surface area contributed by atoms with Crippen LogP contribution < -0.4 is 5.32 Å². The molecule has 1 aliphatic heterocycles. The molecule has 1 N–H and O–H groups in total. The standard InChI is InChI=1S/C16H17N3S.2ClH/c17-12-13-3-1-4-14(11-13)16(15-5-2-10-20-15)19-8-6-18-7-9-19;;/h1-5,10-11,16,18H,6-9H2;2*1H/t16-;;/m0../s1. The van der Waals surface area contributed by atoms with Crippen LogP contribution in [0.25, 0.3) is 0 Å². The molecular weight excluding hydrogens is 337 g/mol. The summed E-state index contributed by atoms with van der Waals surface area (Å²) in [4.78, 5) is 3.85. The average molecular weight is 356 g/mol. The van der Waals surface area contributed by atoms with Gasteiger partial charge in [-0.3, -0.25) is 4.90 Å². The quantitative estimate of drug-likeness (QED) is 0.916. The van der Waals surface area contributed by atoms with Gasteiger partial charge in [-0.1, -0.05) is 18.2 Å². The molecule has 1 aliphatic rings. The minimum absolute atomic E-state index is 0. The second-order valence-corrected chi connectivity index (χ2v) is 5.92. The lowest BCUT2D eigenvalue weighted by atomic mass is 10.0. The van der Waals surface area contributed by atoms with E-state index in [0.717, 1.165) is 31.7 Å². The zero-order chi connectivity index (χ0) is 13.8. The lowest BCUT2D eigenvalue weighted by Crippen LogP contribution is -2.45. The van der Waals surface area contributed by atoms with Crippen LogP contribution in [-0.2, 0) is 0 Å². The molecule has 0 bridgehead atoms. The highest BCUT2D eigenvalue weighted by molar-refractivity contribution is 7.10. The Morgan fingerprint density at radius 2 is 1.91 bits per heavy atom. The molecule has 1 aromatic carbocycles. The normalized spacial score (nSPS) is 16.0. The molecular formula is C16H19Cl2N3S. The third kappa shape index (κ3) is 4.22. The fraction of sp³-hybridized carbons (Fsp3) is 0.312. The van der Waals surface area contributed by atoms with Crippen molar-refractivity contribution in [3.8, 4) is 6.07 Å². The first-order chi connectivity index (χ1) is 9.88. The van der Waals surface area contributed by atoms with Gasteiger partial charge >= 0.3 is 0 Å². The summed E-state index contributed by atoms with van der Waals surface area (Å²) in [6.45, 7) is 4.14. The molecule has 1 saturated heterocycles. The van der Waals surface area contributed by atoms with Crippen molar-refractivity contribution in [2.24, 2.45) is 0 Å². The summed E-state index contributed by atoms with van der Waals surface area (Å²) in [6, 6.07) is 14.8. The number of hydrogen-bond acceptors (Lipinski definition) is 4. The first-order valence-electron chi connectivity index (χ1n) is 6.87. The Balaban J connectivity index is 0.00000121. The van der Waals surface area contributed by atoms with Gasteiger partial charge in [0.25, 0.3) is 0 Å². The van der Waals surface area contributed by atoms with E-state index >= 15 is 0 Å². The van der Waals surface area contributed by atoms with E-state index < -0.39 is 0 Å². The van der Waals surface area contributed by atoms with Gasteiger partial charge in [0.1, 0.15) is 0 Å². The number of nitrogens with zero attached hydrogens (tertiary/aromatic N) is 2. The molecule has 1 atom stereocenters. The van der Waals surface area contributed by atoms with E-state index in [1.54, 1.807) is 11.3 Å². The van der Waals surface area contributed by atoms with Crippen molar-refractivity contribution in [2.45, 2.75) is 6.04 Å². The van der Waals surface area contributed by atoms with Gasteiger partial charge in [0.2, 0.25) is 0 Å². The van der Waals surface area contributed by atoms with Crippen LogP contribution in [0.5, 0.6) is 0 Å². The first-order valence-corrected chi connectivity index (χ1v) is 7.74. The average Bonchev–Trinajstić information content (AvgIpc) is 3.03. The van der Waals surface area contributed by atoms with Gasteiger partial charge in [-0.15, -0.1) is 36.2 Å². The molecule has 2 aromatic rings. The highest BCUT2D eigenvalue weighted by Crippen LogP contribution is 2.32. The van der Waals surface area contributed by atoms with E-state index in [9.17, 15) is 0 Å². The topological polar surface area (TPSA) is 39.1 Å². The third-order valence-electron chi connectivity index (χ3n) is 3.66. The van der Waals surface area contributed by atoms with E-state index in [1.165, 1.54) is 10.4 Å². The molecule has 0 radical (unpaired) electrons. The number of piperazine rings is 1. The van der Waals surface area contributed by atoms with Crippen LogP contribution in [0.1, 0.15) is 22.0 Å². The minimum Gasteiger partial charge on any atom is -0.314 e. The van der Waals surface area contributed by atoms with Crippen LogP contribution in [0.4, 0.5) is 0 Å². The van der Waals surface area contributed by atoms with Gasteiger partial charge in [-0.25, -0.2) is 0 Å². The van der Waals surface area contributed by atoms with Crippen LogP contribution in [-0.4, -0.2) is 31.1 Å². The molecule has 0 saturated carbocycles. The van der Waals surface area contributed by atoms with Crippen LogP contribution in [0.3, 0.4) is 0 Å². The van der Waals surface area contributed by atoms with Crippen molar-refractivity contribution < 1.29 is 0 Å². The maximum absolute atomic E-state index is 9.11. The summed E-state index contributed by atoms with van der Waals surface area (Å²) in [5.74, 6) is 0. The molecule has 0 amide bonds. The minimum atomic E-state index is 0. The summed E-state index contributed by atoms with van der Waals surface area (Å²) < 4.78 is 0. The number of rotatable bonds is 3. The predicted octanol–water partition coefficient (Wildman–Crippen LogP) is 3.46. The summed E-state index contributed by atoms with van der Waals surface area (Å²) in [5, 5.41) is 14.6. The lowest BCUT2D eigenvalue weighted by Gasteiger charge is -2.34. The van der Waals surface area contributed by atoms with Crippen molar-refractivity contribution in [3.05, 3.63) is 57.8 Å². The number of nitrogens with one attached hydrogen (secondary N) is 1. The highest BCUT2D eigenvalue weighted by atomic mass is 35.5. The fourth-order valence-electron chi connectivity index (χ4n) is 2.72. The zero-order valence-corrected chi connectivity index (χ0v) is 14.5. The second-order valence-electron chi connectivity index (χ2n) is 4.94. The Labute approximate surface area is 147 Å². The van der Waals surface area contributed by atoms with E-state index in [1.807, 2.05) is 18.2 Å². The van der Waals surface area contributed by atoms with Crippen LogP contribution in [0, 0.1) is 11.3 Å². The molecule has 1 fully saturated rings. The molecule has 0 spiro atoms. The van der Waals surface area contributed by atoms with Gasteiger partial charge in [0.15, 0.2) is 0 Å². The van der Waals surface area contributed by atoms with Gasteiger partial charge in [-0.2, -0.15) is 5.26 Å². The Bertz CT molecular complexity index is 604. The summed E-state index contributed by atoms with van der Waals surface area (Å²) >= 11 is 1.79. The lowest BCUT2D eigenvalue weighted by molar-refractivity contribution is 0.200. The molecule has 0 unspecified atom stereocenters. The molecule has 3 rings (SSSR count). The maximum Gasteiger partial charge on any atom is 0.0991 e. The highest BCUT2D eigenvalue weighted by Gasteiger charge is 2.24. The van der Waals surface area contributed by atoms with Crippen LogP contribution in [0.2, 0.25) is 0 Å². The van der Waals surface area contributed by atoms with E-state index in [0.29, 0.717) is 0 Å². The number of benzene rings is 1. The van der Waals surface area contributed by atoms with Crippen molar-refractivity contribution in [2.75, 3.05) is 26.2 Å².